The molecule has 0 bridgehead atoms. The third-order valence-electron chi connectivity index (χ3n) is 5.71. The minimum absolute atomic E-state index is 0.0762. The highest BCUT2D eigenvalue weighted by Crippen LogP contribution is 2.39. The van der Waals surface area contributed by atoms with E-state index in [-0.39, 0.29) is 12.2 Å². The zero-order valence-corrected chi connectivity index (χ0v) is 15.5. The molecule has 0 radical (unpaired) electrons. The van der Waals surface area contributed by atoms with Gasteiger partial charge in [0.2, 0.25) is 0 Å². The quantitative estimate of drug-likeness (QED) is 0.743. The number of alkyl halides is 3. The summed E-state index contributed by atoms with van der Waals surface area (Å²) in [7, 11) is 0. The normalized spacial score (nSPS) is 20.5. The van der Waals surface area contributed by atoms with Gasteiger partial charge in [0.25, 0.3) is 0 Å². The molecule has 0 aromatic carbocycles. The third kappa shape index (κ3) is 2.50. The molecule has 0 amide bonds. The van der Waals surface area contributed by atoms with Crippen LogP contribution in [0.2, 0.25) is 0 Å². The van der Waals surface area contributed by atoms with Crippen molar-refractivity contribution < 1.29 is 13.2 Å². The van der Waals surface area contributed by atoms with Gasteiger partial charge in [0, 0.05) is 49.0 Å². The Morgan fingerprint density at radius 3 is 2.57 bits per heavy atom. The molecular formula is C18H20F3N7. The first-order valence-corrected chi connectivity index (χ1v) is 9.28. The number of aryl methyl sites for hydroxylation is 2. The monoisotopic (exact) mass is 391 g/mol. The van der Waals surface area contributed by atoms with Crippen LogP contribution < -0.4 is 10.2 Å². The van der Waals surface area contributed by atoms with E-state index in [1.165, 1.54) is 4.90 Å². The number of anilines is 1. The summed E-state index contributed by atoms with van der Waals surface area (Å²) in [6.45, 7) is 5.84. The Balaban J connectivity index is 1.65. The van der Waals surface area contributed by atoms with Gasteiger partial charge in [0.15, 0.2) is 11.5 Å². The molecule has 148 valence electrons. The molecule has 0 saturated carbocycles. The van der Waals surface area contributed by atoms with Gasteiger partial charge in [0.1, 0.15) is 6.04 Å². The second-order valence-electron chi connectivity index (χ2n) is 7.49. The van der Waals surface area contributed by atoms with Crippen LogP contribution >= 0.6 is 0 Å². The number of nitrogens with zero attached hydrogens (tertiary/aromatic N) is 6. The maximum absolute atomic E-state index is 13.4. The fraction of sp³-hybridized carbons (Fsp3) is 0.500. The van der Waals surface area contributed by atoms with Crippen molar-refractivity contribution in [2.75, 3.05) is 24.5 Å². The number of aromatic nitrogens is 5. The lowest BCUT2D eigenvalue weighted by atomic mass is 10.0. The van der Waals surface area contributed by atoms with Crippen molar-refractivity contribution >= 4 is 11.5 Å². The summed E-state index contributed by atoms with van der Waals surface area (Å²) in [6, 6.07) is -1.21. The van der Waals surface area contributed by atoms with Crippen LogP contribution in [0.5, 0.6) is 0 Å². The van der Waals surface area contributed by atoms with Gasteiger partial charge in [-0.2, -0.15) is 18.3 Å². The predicted molar refractivity (Wildman–Crippen MR) is 97.4 cm³/mol. The van der Waals surface area contributed by atoms with Gasteiger partial charge in [-0.1, -0.05) is 0 Å². The van der Waals surface area contributed by atoms with Crippen LogP contribution in [0.1, 0.15) is 23.9 Å². The number of nitrogens with one attached hydrogen (secondary N) is 1. The van der Waals surface area contributed by atoms with E-state index in [0.29, 0.717) is 23.9 Å². The SMILES string of the molecule is Cc1cnc2c(N3CC[C@@H]3C(F)(F)F)nc(-c3cnn(C4CNC4)c3)c(C)n12. The predicted octanol–water partition coefficient (Wildman–Crippen LogP) is 2.49. The van der Waals surface area contributed by atoms with Crippen molar-refractivity contribution in [2.45, 2.75) is 38.5 Å². The maximum Gasteiger partial charge on any atom is 0.408 e. The molecule has 1 atom stereocenters. The van der Waals surface area contributed by atoms with Crippen molar-refractivity contribution in [3.05, 3.63) is 30.0 Å². The summed E-state index contributed by atoms with van der Waals surface area (Å²) in [4.78, 5) is 10.3. The molecular weight excluding hydrogens is 371 g/mol. The zero-order chi connectivity index (χ0) is 19.6. The molecule has 3 aromatic heterocycles. The molecule has 28 heavy (non-hydrogen) atoms. The van der Waals surface area contributed by atoms with Crippen molar-refractivity contribution in [2.24, 2.45) is 0 Å². The number of rotatable bonds is 3. The summed E-state index contributed by atoms with van der Waals surface area (Å²) in [6.07, 6.45) is 1.11. The van der Waals surface area contributed by atoms with Crippen LogP contribution in [-0.4, -0.2) is 56.0 Å². The lowest BCUT2D eigenvalue weighted by Gasteiger charge is -2.42. The number of fused-ring (bicyclic) bond motifs is 1. The molecule has 5 heterocycles. The molecule has 1 N–H and O–H groups in total. The number of halogens is 3. The van der Waals surface area contributed by atoms with E-state index in [1.54, 1.807) is 12.4 Å². The highest BCUT2D eigenvalue weighted by molar-refractivity contribution is 5.73. The third-order valence-corrected chi connectivity index (χ3v) is 5.71. The van der Waals surface area contributed by atoms with Crippen molar-refractivity contribution in [3.63, 3.8) is 0 Å². The van der Waals surface area contributed by atoms with Crippen molar-refractivity contribution in [1.29, 1.82) is 0 Å². The Morgan fingerprint density at radius 1 is 1.18 bits per heavy atom. The van der Waals surface area contributed by atoms with E-state index in [2.05, 4.69) is 20.4 Å². The zero-order valence-electron chi connectivity index (χ0n) is 15.5. The fourth-order valence-corrected chi connectivity index (χ4v) is 3.93. The Bertz CT molecular complexity index is 1050. The molecule has 5 rings (SSSR count). The Morgan fingerprint density at radius 2 is 1.96 bits per heavy atom. The van der Waals surface area contributed by atoms with Gasteiger partial charge in [-0.15, -0.1) is 0 Å². The Labute approximate surface area is 159 Å². The smallest absolute Gasteiger partial charge is 0.341 e. The lowest BCUT2D eigenvalue weighted by Crippen LogP contribution is -2.56. The van der Waals surface area contributed by atoms with Crippen LogP contribution in [0.3, 0.4) is 0 Å². The molecule has 2 aliphatic heterocycles. The Hall–Kier alpha value is -2.62. The summed E-state index contributed by atoms with van der Waals surface area (Å²) >= 11 is 0. The van der Waals surface area contributed by atoms with Gasteiger partial charge in [-0.05, 0) is 20.3 Å². The fourth-order valence-electron chi connectivity index (χ4n) is 3.93. The molecule has 2 aliphatic rings. The second kappa shape index (κ2) is 5.94. The van der Waals surface area contributed by atoms with Gasteiger partial charge >= 0.3 is 6.18 Å². The van der Waals surface area contributed by atoms with Gasteiger partial charge in [0.05, 0.1) is 17.9 Å². The average Bonchev–Trinajstić information content (AvgIpc) is 3.13. The van der Waals surface area contributed by atoms with Crippen molar-refractivity contribution in [3.8, 4) is 11.3 Å². The first kappa shape index (κ1) is 17.5. The summed E-state index contributed by atoms with van der Waals surface area (Å²) in [5.41, 5.74) is 3.59. The van der Waals surface area contributed by atoms with E-state index in [4.69, 9.17) is 0 Å². The maximum atomic E-state index is 13.4. The average molecular weight is 391 g/mol. The first-order chi connectivity index (χ1) is 13.3. The standard InChI is InChI=1S/C18H20F3N7/c1-10-5-23-16-17(26-4-3-14(26)18(19,20)21)25-15(11(2)28(10)16)12-6-24-27(9-12)13-7-22-8-13/h5-6,9,13-14,22H,3-4,7-8H2,1-2H3/t14-/m1/s1. The molecule has 2 fully saturated rings. The van der Waals surface area contributed by atoms with E-state index < -0.39 is 12.2 Å². The lowest BCUT2D eigenvalue weighted by molar-refractivity contribution is -0.159. The molecule has 10 heteroatoms. The summed E-state index contributed by atoms with van der Waals surface area (Å²) < 4.78 is 43.9. The van der Waals surface area contributed by atoms with Crippen LogP contribution in [0, 0.1) is 13.8 Å². The van der Waals surface area contributed by atoms with Crippen LogP contribution in [0.25, 0.3) is 16.9 Å². The van der Waals surface area contributed by atoms with Crippen LogP contribution in [-0.2, 0) is 0 Å². The van der Waals surface area contributed by atoms with Crippen LogP contribution in [0.4, 0.5) is 19.0 Å². The number of hydrogen-bond donors (Lipinski definition) is 1. The molecule has 0 unspecified atom stereocenters. The molecule has 7 nitrogen and oxygen atoms in total. The van der Waals surface area contributed by atoms with E-state index >= 15 is 0 Å². The second-order valence-corrected chi connectivity index (χ2v) is 7.49. The van der Waals surface area contributed by atoms with E-state index in [1.807, 2.05) is 29.1 Å². The minimum atomic E-state index is -4.29. The number of hydrogen-bond acceptors (Lipinski definition) is 5. The largest absolute Gasteiger partial charge is 0.408 e. The molecule has 0 aliphatic carbocycles. The summed E-state index contributed by atoms with van der Waals surface area (Å²) in [5, 5.41) is 7.63. The van der Waals surface area contributed by atoms with Gasteiger partial charge < -0.3 is 10.2 Å². The number of imidazole rings is 1. The van der Waals surface area contributed by atoms with E-state index in [0.717, 1.165) is 30.0 Å². The molecule has 2 saturated heterocycles. The first-order valence-electron chi connectivity index (χ1n) is 9.28. The van der Waals surface area contributed by atoms with Gasteiger partial charge in [-0.3, -0.25) is 9.08 Å². The van der Waals surface area contributed by atoms with Crippen molar-refractivity contribution in [1.82, 2.24) is 29.5 Å². The van der Waals surface area contributed by atoms with Crippen LogP contribution in [0.15, 0.2) is 18.6 Å². The van der Waals surface area contributed by atoms with Gasteiger partial charge in [-0.25, -0.2) is 9.97 Å². The van der Waals surface area contributed by atoms with E-state index in [9.17, 15) is 13.2 Å². The molecule has 0 spiro atoms. The Kier molecular flexibility index (Phi) is 3.71. The highest BCUT2D eigenvalue weighted by atomic mass is 19.4. The highest BCUT2D eigenvalue weighted by Gasteiger charge is 2.50. The topological polar surface area (TPSA) is 63.3 Å². The summed E-state index contributed by atoms with van der Waals surface area (Å²) in [5.74, 6) is 0.278. The molecule has 3 aromatic rings. The minimum Gasteiger partial charge on any atom is -0.341 e.